The van der Waals surface area contributed by atoms with Crippen molar-refractivity contribution in [1.82, 2.24) is 10.3 Å². The summed E-state index contributed by atoms with van der Waals surface area (Å²) >= 11 is 0. The highest BCUT2D eigenvalue weighted by Gasteiger charge is 2.12. The molecule has 0 aliphatic carbocycles. The first-order valence-corrected chi connectivity index (χ1v) is 4.51. The number of hydrogen-bond acceptors (Lipinski definition) is 4. The second-order valence-electron chi connectivity index (χ2n) is 3.16. The Labute approximate surface area is 91.0 Å². The molecule has 1 rings (SSSR count). The Hall–Kier alpha value is -2.31. The number of aromatic amines is 1. The van der Waals surface area contributed by atoms with Crippen LogP contribution in [0, 0.1) is 0 Å². The van der Waals surface area contributed by atoms with Gasteiger partial charge in [-0.1, -0.05) is 5.16 Å². The highest BCUT2D eigenvalue weighted by molar-refractivity contribution is 5.97. The van der Waals surface area contributed by atoms with Gasteiger partial charge in [-0.2, -0.15) is 0 Å². The predicted octanol–water partition coefficient (Wildman–Crippen LogP) is -0.760. The molecule has 5 N–H and O–H groups in total. The summed E-state index contributed by atoms with van der Waals surface area (Å²) in [5.41, 5.74) is 5.13. The topological polar surface area (TPSA) is 121 Å². The largest absolute Gasteiger partial charge is 0.409 e. The number of nitrogens with two attached hydrogens (primary N) is 1. The quantitative estimate of drug-likeness (QED) is 0.233. The monoisotopic (exact) mass is 224 g/mol. The minimum atomic E-state index is -0.614. The van der Waals surface area contributed by atoms with Crippen LogP contribution in [0.2, 0.25) is 0 Å². The molecule has 0 aliphatic rings. The van der Waals surface area contributed by atoms with E-state index in [1.165, 1.54) is 12.3 Å². The molecule has 0 aromatic carbocycles. The van der Waals surface area contributed by atoms with E-state index in [-0.39, 0.29) is 17.0 Å². The molecule has 1 amide bonds. The first kappa shape index (κ1) is 11.8. The smallest absolute Gasteiger partial charge is 0.252 e. The van der Waals surface area contributed by atoms with Crippen LogP contribution in [0.4, 0.5) is 0 Å². The molecule has 0 fully saturated rings. The Kier molecular flexibility index (Phi) is 3.65. The third-order valence-corrected chi connectivity index (χ3v) is 1.94. The van der Waals surface area contributed by atoms with E-state index in [4.69, 9.17) is 10.9 Å². The molecule has 1 aromatic heterocycles. The minimum Gasteiger partial charge on any atom is -0.409 e. The lowest BCUT2D eigenvalue weighted by molar-refractivity contribution is 0.0948. The van der Waals surface area contributed by atoms with Crippen LogP contribution < -0.4 is 16.6 Å². The molecule has 0 bridgehead atoms. The van der Waals surface area contributed by atoms with Gasteiger partial charge < -0.3 is 21.2 Å². The van der Waals surface area contributed by atoms with Crippen LogP contribution in [0.25, 0.3) is 0 Å². The molecule has 7 nitrogen and oxygen atoms in total. The summed E-state index contributed by atoms with van der Waals surface area (Å²) in [6, 6.07) is 2.00. The first-order valence-electron chi connectivity index (χ1n) is 4.51. The van der Waals surface area contributed by atoms with Crippen molar-refractivity contribution in [2.75, 3.05) is 0 Å². The number of carbonyl (C=O) groups excluding carboxylic acids is 1. The molecule has 0 aliphatic heterocycles. The Bertz CT molecular complexity index is 466. The van der Waals surface area contributed by atoms with Crippen molar-refractivity contribution in [1.29, 1.82) is 0 Å². The lowest BCUT2D eigenvalue weighted by atomic mass is 10.2. The highest BCUT2D eigenvalue weighted by atomic mass is 16.4. The lowest BCUT2D eigenvalue weighted by Gasteiger charge is -2.11. The Morgan fingerprint density at radius 3 is 2.94 bits per heavy atom. The Morgan fingerprint density at radius 2 is 2.38 bits per heavy atom. The van der Waals surface area contributed by atoms with Crippen LogP contribution in [-0.2, 0) is 0 Å². The van der Waals surface area contributed by atoms with E-state index in [1.54, 1.807) is 6.92 Å². The van der Waals surface area contributed by atoms with Gasteiger partial charge in [0.05, 0.1) is 6.04 Å². The number of nitrogens with one attached hydrogen (secondary N) is 2. The van der Waals surface area contributed by atoms with Crippen molar-refractivity contribution in [2.24, 2.45) is 10.9 Å². The number of amides is 1. The van der Waals surface area contributed by atoms with Gasteiger partial charge >= 0.3 is 0 Å². The fraction of sp³-hybridized carbons (Fsp3) is 0.222. The van der Waals surface area contributed by atoms with Crippen molar-refractivity contribution in [3.63, 3.8) is 0 Å². The summed E-state index contributed by atoms with van der Waals surface area (Å²) in [7, 11) is 0. The van der Waals surface area contributed by atoms with Crippen LogP contribution in [0.1, 0.15) is 17.3 Å². The van der Waals surface area contributed by atoms with Crippen LogP contribution in [0.15, 0.2) is 28.3 Å². The molecule has 0 spiro atoms. The summed E-state index contributed by atoms with van der Waals surface area (Å²) in [5.74, 6) is -0.580. The van der Waals surface area contributed by atoms with E-state index in [1.807, 2.05) is 0 Å². The number of H-pyrrole nitrogens is 1. The van der Waals surface area contributed by atoms with Gasteiger partial charge in [0.15, 0.2) is 5.84 Å². The van der Waals surface area contributed by atoms with Gasteiger partial charge in [-0.25, -0.2) is 0 Å². The summed E-state index contributed by atoms with van der Waals surface area (Å²) in [6.07, 6.45) is 1.37. The maximum absolute atomic E-state index is 11.6. The number of oxime groups is 1. The summed E-state index contributed by atoms with van der Waals surface area (Å²) < 4.78 is 0. The van der Waals surface area contributed by atoms with E-state index in [2.05, 4.69) is 15.5 Å². The summed E-state index contributed by atoms with van der Waals surface area (Å²) in [6.45, 7) is 1.56. The second-order valence-corrected chi connectivity index (χ2v) is 3.16. The van der Waals surface area contributed by atoms with Gasteiger partial charge in [0.25, 0.3) is 5.91 Å². The summed E-state index contributed by atoms with van der Waals surface area (Å²) in [5, 5.41) is 13.6. The molecule has 16 heavy (non-hydrogen) atoms. The van der Waals surface area contributed by atoms with Crippen LogP contribution >= 0.6 is 0 Å². The average Bonchev–Trinajstić information content (AvgIpc) is 2.27. The predicted molar refractivity (Wildman–Crippen MR) is 57.4 cm³/mol. The van der Waals surface area contributed by atoms with Crippen molar-refractivity contribution in [3.8, 4) is 0 Å². The molecule has 86 valence electrons. The molecule has 0 saturated carbocycles. The maximum atomic E-state index is 11.6. The van der Waals surface area contributed by atoms with Gasteiger partial charge in [-0.15, -0.1) is 0 Å². The van der Waals surface area contributed by atoms with Crippen LogP contribution in [0.3, 0.4) is 0 Å². The Morgan fingerprint density at radius 1 is 1.69 bits per heavy atom. The average molecular weight is 224 g/mol. The minimum absolute atomic E-state index is 0.113. The number of pyridine rings is 1. The fourth-order valence-corrected chi connectivity index (χ4v) is 1.03. The SMILES string of the molecule is CC(NC(=O)c1cc[nH]c(=O)c1)/C(N)=N/O. The molecule has 1 atom stereocenters. The van der Waals surface area contributed by atoms with E-state index in [0.29, 0.717) is 0 Å². The van der Waals surface area contributed by atoms with Crippen molar-refractivity contribution >= 4 is 11.7 Å². The van der Waals surface area contributed by atoms with Crippen molar-refractivity contribution in [2.45, 2.75) is 13.0 Å². The van der Waals surface area contributed by atoms with E-state index >= 15 is 0 Å². The molecular weight excluding hydrogens is 212 g/mol. The number of carbonyl (C=O) groups is 1. The maximum Gasteiger partial charge on any atom is 0.252 e. The summed E-state index contributed by atoms with van der Waals surface area (Å²) in [4.78, 5) is 24.9. The molecule has 1 aromatic rings. The normalized spacial score (nSPS) is 13.2. The molecule has 0 saturated heterocycles. The molecule has 0 radical (unpaired) electrons. The Balaban J connectivity index is 2.77. The lowest BCUT2D eigenvalue weighted by Crippen LogP contribution is -2.42. The van der Waals surface area contributed by atoms with Gasteiger partial charge in [0, 0.05) is 17.8 Å². The number of hydrogen-bond donors (Lipinski definition) is 4. The molecular formula is C9H12N4O3. The van der Waals surface area contributed by atoms with Crippen LogP contribution in [-0.4, -0.2) is 28.0 Å². The van der Waals surface area contributed by atoms with Gasteiger partial charge in [-0.3, -0.25) is 9.59 Å². The van der Waals surface area contributed by atoms with Crippen molar-refractivity contribution in [3.05, 3.63) is 34.2 Å². The molecule has 7 heteroatoms. The van der Waals surface area contributed by atoms with Crippen LogP contribution in [0.5, 0.6) is 0 Å². The number of amidine groups is 1. The zero-order valence-electron chi connectivity index (χ0n) is 8.60. The second kappa shape index (κ2) is 4.96. The first-order chi connectivity index (χ1) is 7.54. The number of nitrogens with zero attached hydrogens (tertiary/aromatic N) is 1. The highest BCUT2D eigenvalue weighted by Crippen LogP contribution is 1.94. The van der Waals surface area contributed by atoms with Gasteiger partial charge in [0.2, 0.25) is 5.56 Å². The zero-order valence-corrected chi connectivity index (χ0v) is 8.60. The molecule has 1 unspecified atom stereocenters. The van der Waals surface area contributed by atoms with Crippen molar-refractivity contribution < 1.29 is 10.0 Å². The van der Waals surface area contributed by atoms with E-state index < -0.39 is 11.9 Å². The number of aromatic nitrogens is 1. The third-order valence-electron chi connectivity index (χ3n) is 1.94. The fourth-order valence-electron chi connectivity index (χ4n) is 1.03. The third kappa shape index (κ3) is 2.84. The standard InChI is InChI=1S/C9H12N4O3/c1-5(8(10)13-16)12-9(15)6-2-3-11-7(14)4-6/h2-5,16H,1H3,(H2,10,13)(H,11,14)(H,12,15). The zero-order chi connectivity index (χ0) is 12.1. The number of rotatable bonds is 3. The van der Waals surface area contributed by atoms with E-state index in [0.717, 1.165) is 6.07 Å². The van der Waals surface area contributed by atoms with Gasteiger partial charge in [-0.05, 0) is 13.0 Å². The van der Waals surface area contributed by atoms with Gasteiger partial charge in [0.1, 0.15) is 0 Å². The van der Waals surface area contributed by atoms with E-state index in [9.17, 15) is 9.59 Å². The molecule has 1 heterocycles.